The molecule has 0 fully saturated rings. The summed E-state index contributed by atoms with van der Waals surface area (Å²) in [5.41, 5.74) is 6.93. The van der Waals surface area contributed by atoms with Crippen molar-refractivity contribution in [3.05, 3.63) is 88.0 Å². The summed E-state index contributed by atoms with van der Waals surface area (Å²) in [4.78, 5) is 41.3. The fraction of sp³-hybridized carbons (Fsp3) is 0.154. The van der Waals surface area contributed by atoms with E-state index in [4.69, 9.17) is 5.73 Å². The normalized spacial score (nSPS) is 11.8. The van der Waals surface area contributed by atoms with Crippen LogP contribution < -0.4 is 11.3 Å². The zero-order chi connectivity index (χ0) is 26.3. The van der Waals surface area contributed by atoms with Gasteiger partial charge in [0.15, 0.2) is 5.69 Å². The Bertz CT molecular complexity index is 1690. The summed E-state index contributed by atoms with van der Waals surface area (Å²) in [5, 5.41) is 0.490. The number of hydrogen-bond acceptors (Lipinski definition) is 5. The van der Waals surface area contributed by atoms with E-state index in [0.717, 1.165) is 23.9 Å². The Hall–Kier alpha value is -4.67. The van der Waals surface area contributed by atoms with Crippen LogP contribution in [0.3, 0.4) is 0 Å². The lowest BCUT2D eigenvalue weighted by molar-refractivity contribution is -0.137. The Balaban J connectivity index is 1.48. The molecule has 1 amide bonds. The second kappa shape index (κ2) is 9.08. The summed E-state index contributed by atoms with van der Waals surface area (Å²) in [6.07, 6.45) is -2.27. The van der Waals surface area contributed by atoms with E-state index in [0.29, 0.717) is 29.4 Å². The minimum Gasteiger partial charge on any atom is -0.396 e. The minimum atomic E-state index is -4.56. The number of carbonyl (C=O) groups excluding carboxylic acids is 1. The van der Waals surface area contributed by atoms with Crippen LogP contribution in [0.1, 0.15) is 21.6 Å². The molecule has 188 valence electrons. The number of alkyl halides is 3. The first-order chi connectivity index (χ1) is 17.6. The molecule has 0 radical (unpaired) electrons. The summed E-state index contributed by atoms with van der Waals surface area (Å²) in [5.74, 6) is -0.221. The van der Waals surface area contributed by atoms with Crippen LogP contribution in [0, 0.1) is 0 Å². The third kappa shape index (κ3) is 4.63. The van der Waals surface area contributed by atoms with Gasteiger partial charge in [0.1, 0.15) is 0 Å². The highest BCUT2D eigenvalue weighted by molar-refractivity contribution is 6.04. The average Bonchev–Trinajstić information content (AvgIpc) is 3.21. The summed E-state index contributed by atoms with van der Waals surface area (Å²) in [6, 6.07) is 13.4. The number of nitrogens with zero attached hydrogens (tertiary/aromatic N) is 3. The van der Waals surface area contributed by atoms with Crippen LogP contribution in [-0.4, -0.2) is 44.3 Å². The van der Waals surface area contributed by atoms with Gasteiger partial charge in [0, 0.05) is 48.4 Å². The van der Waals surface area contributed by atoms with Crippen molar-refractivity contribution in [2.45, 2.75) is 12.6 Å². The summed E-state index contributed by atoms with van der Waals surface area (Å²) >= 11 is 0. The minimum absolute atomic E-state index is 0.0344. The maximum Gasteiger partial charge on any atom is 0.416 e. The van der Waals surface area contributed by atoms with Crippen LogP contribution in [0.5, 0.6) is 0 Å². The van der Waals surface area contributed by atoms with Gasteiger partial charge >= 0.3 is 6.18 Å². The van der Waals surface area contributed by atoms with Crippen molar-refractivity contribution < 1.29 is 18.0 Å². The fourth-order valence-electron chi connectivity index (χ4n) is 4.11. The van der Waals surface area contributed by atoms with Gasteiger partial charge in [-0.25, -0.2) is 4.98 Å². The van der Waals surface area contributed by atoms with Gasteiger partial charge in [0.05, 0.1) is 28.0 Å². The van der Waals surface area contributed by atoms with E-state index in [2.05, 4.69) is 19.9 Å². The van der Waals surface area contributed by atoms with E-state index in [1.807, 2.05) is 18.2 Å². The predicted molar refractivity (Wildman–Crippen MR) is 134 cm³/mol. The second-order valence-corrected chi connectivity index (χ2v) is 8.62. The lowest BCUT2D eigenvalue weighted by Gasteiger charge is -2.17. The Kier molecular flexibility index (Phi) is 5.90. The fourth-order valence-corrected chi connectivity index (χ4v) is 4.11. The van der Waals surface area contributed by atoms with Crippen molar-refractivity contribution in [1.29, 1.82) is 0 Å². The molecule has 37 heavy (non-hydrogen) atoms. The van der Waals surface area contributed by atoms with Gasteiger partial charge < -0.3 is 20.6 Å². The molecule has 0 spiro atoms. The highest BCUT2D eigenvalue weighted by Crippen LogP contribution is 2.33. The number of rotatable bonds is 5. The van der Waals surface area contributed by atoms with Crippen molar-refractivity contribution in [2.75, 3.05) is 19.3 Å². The number of aromatic amines is 2. The molecule has 0 aliphatic rings. The molecule has 4 N–H and O–H groups in total. The number of aromatic nitrogens is 4. The number of benzene rings is 2. The van der Waals surface area contributed by atoms with Gasteiger partial charge in [-0.1, -0.05) is 6.07 Å². The van der Waals surface area contributed by atoms with Crippen molar-refractivity contribution in [3.63, 3.8) is 0 Å². The van der Waals surface area contributed by atoms with E-state index >= 15 is 0 Å². The number of pyridine rings is 1. The number of amides is 1. The van der Waals surface area contributed by atoms with Gasteiger partial charge in [-0.2, -0.15) is 13.2 Å². The molecular formula is C26H21F3N6O2. The molecule has 0 atom stereocenters. The molecule has 8 nitrogen and oxygen atoms in total. The van der Waals surface area contributed by atoms with Gasteiger partial charge in [0.25, 0.3) is 11.5 Å². The predicted octanol–water partition coefficient (Wildman–Crippen LogP) is 4.38. The number of carbonyl (C=O) groups is 1. The maximum absolute atomic E-state index is 13.2. The van der Waals surface area contributed by atoms with E-state index in [1.54, 1.807) is 36.3 Å². The van der Waals surface area contributed by atoms with Crippen molar-refractivity contribution >= 4 is 33.5 Å². The monoisotopic (exact) mass is 506 g/mol. The van der Waals surface area contributed by atoms with Crippen molar-refractivity contribution in [3.8, 4) is 11.4 Å². The quantitative estimate of drug-likeness (QED) is 0.327. The standard InChI is InChI=1S/C26H21F3N6O2/c1-35(11-9-16-4-2-3-10-31-16)25(37)14-5-7-18-17(12-14)21(30)22(32-18)23-24(36)34-19-8-6-15(26(27,28)29)13-20(19)33-23/h2-8,10,12-13,32H,9,11,30H2,1H3,(H,34,36). The number of fused-ring (bicyclic) bond motifs is 2. The summed E-state index contributed by atoms with van der Waals surface area (Å²) in [7, 11) is 1.69. The summed E-state index contributed by atoms with van der Waals surface area (Å²) < 4.78 is 39.5. The molecule has 0 bridgehead atoms. The van der Waals surface area contributed by atoms with E-state index < -0.39 is 17.3 Å². The van der Waals surface area contributed by atoms with Crippen LogP contribution >= 0.6 is 0 Å². The molecule has 0 aliphatic heterocycles. The Morgan fingerprint density at radius 1 is 1.05 bits per heavy atom. The number of hydrogen-bond donors (Lipinski definition) is 3. The first-order valence-electron chi connectivity index (χ1n) is 11.3. The van der Waals surface area contributed by atoms with E-state index in [-0.39, 0.29) is 34.0 Å². The third-order valence-electron chi connectivity index (χ3n) is 6.12. The number of anilines is 1. The number of H-pyrrole nitrogens is 2. The Morgan fingerprint density at radius 3 is 2.57 bits per heavy atom. The molecule has 0 saturated carbocycles. The lowest BCUT2D eigenvalue weighted by atomic mass is 10.1. The smallest absolute Gasteiger partial charge is 0.396 e. The van der Waals surface area contributed by atoms with Crippen molar-refractivity contribution in [2.24, 2.45) is 0 Å². The lowest BCUT2D eigenvalue weighted by Crippen LogP contribution is -2.29. The molecular weight excluding hydrogens is 485 g/mol. The SMILES string of the molecule is CN(CCc1ccccn1)C(=O)c1ccc2[nH]c(-c3nc4cc(C(F)(F)F)ccc4[nH]c3=O)c(N)c2c1. The van der Waals surface area contributed by atoms with Crippen LogP contribution in [0.4, 0.5) is 18.9 Å². The Labute approximate surface area is 208 Å². The number of halogens is 3. The van der Waals surface area contributed by atoms with Crippen molar-refractivity contribution in [1.82, 2.24) is 24.8 Å². The van der Waals surface area contributed by atoms with Gasteiger partial charge in [-0.15, -0.1) is 0 Å². The molecule has 5 rings (SSSR count). The third-order valence-corrected chi connectivity index (χ3v) is 6.12. The maximum atomic E-state index is 13.2. The summed E-state index contributed by atoms with van der Waals surface area (Å²) in [6.45, 7) is 0.456. The molecule has 0 aliphatic carbocycles. The molecule has 3 aromatic heterocycles. The zero-order valence-corrected chi connectivity index (χ0v) is 19.6. The first-order valence-corrected chi connectivity index (χ1v) is 11.3. The highest BCUT2D eigenvalue weighted by atomic mass is 19.4. The van der Waals surface area contributed by atoms with Gasteiger partial charge in [0.2, 0.25) is 0 Å². The number of nitrogens with two attached hydrogens (primary N) is 1. The molecule has 3 heterocycles. The van der Waals surface area contributed by atoms with Crippen LogP contribution in [0.15, 0.2) is 65.6 Å². The molecule has 11 heteroatoms. The number of likely N-dealkylation sites (N-methyl/N-ethyl adjacent to an activating group) is 1. The van der Waals surface area contributed by atoms with Gasteiger partial charge in [-0.3, -0.25) is 14.6 Å². The molecule has 0 unspecified atom stereocenters. The van der Waals surface area contributed by atoms with Crippen LogP contribution in [0.2, 0.25) is 0 Å². The molecule has 2 aromatic carbocycles. The van der Waals surface area contributed by atoms with E-state index in [1.165, 1.54) is 0 Å². The second-order valence-electron chi connectivity index (χ2n) is 8.62. The number of nitrogens with one attached hydrogen (secondary N) is 2. The Morgan fingerprint density at radius 2 is 1.84 bits per heavy atom. The zero-order valence-electron chi connectivity index (χ0n) is 19.6. The topological polar surface area (TPSA) is 121 Å². The first kappa shape index (κ1) is 24.0. The average molecular weight is 506 g/mol. The molecule has 0 saturated heterocycles. The molecule has 5 aromatic rings. The van der Waals surface area contributed by atoms with Crippen LogP contribution in [0.25, 0.3) is 33.3 Å². The highest BCUT2D eigenvalue weighted by Gasteiger charge is 2.31. The number of nitrogen functional groups attached to an aromatic ring is 1. The largest absolute Gasteiger partial charge is 0.416 e. The van der Waals surface area contributed by atoms with Gasteiger partial charge in [-0.05, 0) is 48.5 Å². The van der Waals surface area contributed by atoms with E-state index in [9.17, 15) is 22.8 Å². The van der Waals surface area contributed by atoms with Crippen LogP contribution in [-0.2, 0) is 12.6 Å².